The first kappa shape index (κ1) is 17.1. The average molecular weight is 276 g/mol. The molecule has 1 aliphatic rings. The standard InChI is InChI=1S/C10H22NO.BClF3/c1-3-7-11(10-12-4-2)8-5-6-9-11;2-1(3,4)5/h3-10H2,1-2H3;/q+1;-1. The summed E-state index contributed by atoms with van der Waals surface area (Å²) in [7, 11) is 0. The summed E-state index contributed by atoms with van der Waals surface area (Å²) in [5.74, 6) is 0. The second-order valence-corrected chi connectivity index (χ2v) is 4.83. The van der Waals surface area contributed by atoms with Crippen molar-refractivity contribution < 1.29 is 22.2 Å². The van der Waals surface area contributed by atoms with Gasteiger partial charge >= 0.3 is 6.39 Å². The summed E-state index contributed by atoms with van der Waals surface area (Å²) in [6, 6.07) is 0. The van der Waals surface area contributed by atoms with E-state index < -0.39 is 6.39 Å². The Bertz CT molecular complexity index is 192. The SMILES string of the molecule is CCC[N+]1(COCC)CCCC1.F[B-](F)(F)Cl. The number of ether oxygens (including phenoxy) is 1. The lowest BCUT2D eigenvalue weighted by Gasteiger charge is -2.33. The van der Waals surface area contributed by atoms with Gasteiger partial charge in [0.1, 0.15) is 0 Å². The lowest BCUT2D eigenvalue weighted by Crippen LogP contribution is -2.47. The van der Waals surface area contributed by atoms with Crippen LogP contribution in [0.3, 0.4) is 0 Å². The topological polar surface area (TPSA) is 9.23 Å². The maximum atomic E-state index is 10.2. The summed E-state index contributed by atoms with van der Waals surface area (Å²) >= 11 is 3.59. The van der Waals surface area contributed by atoms with Crippen molar-refractivity contribution in [3.8, 4) is 0 Å². The minimum absolute atomic E-state index is 0.865. The van der Waals surface area contributed by atoms with Crippen LogP contribution in [0.25, 0.3) is 0 Å². The van der Waals surface area contributed by atoms with Crippen LogP contribution in [0, 0.1) is 0 Å². The molecule has 1 heterocycles. The van der Waals surface area contributed by atoms with Gasteiger partial charge in [0.15, 0.2) is 6.73 Å². The number of hydrogen-bond acceptors (Lipinski definition) is 1. The van der Waals surface area contributed by atoms with Gasteiger partial charge in [-0.05, 0) is 13.3 Å². The third-order valence-electron chi connectivity index (χ3n) is 2.78. The zero-order valence-electron chi connectivity index (χ0n) is 10.6. The molecule has 0 atom stereocenters. The summed E-state index contributed by atoms with van der Waals surface area (Å²) in [5.41, 5.74) is 0. The molecule has 0 spiro atoms. The van der Waals surface area contributed by atoms with E-state index in [1.807, 2.05) is 0 Å². The van der Waals surface area contributed by atoms with E-state index in [0.717, 1.165) is 13.3 Å². The minimum atomic E-state index is -5.03. The molecular weight excluding hydrogens is 253 g/mol. The van der Waals surface area contributed by atoms with Gasteiger partial charge in [0.05, 0.1) is 19.6 Å². The van der Waals surface area contributed by atoms with E-state index in [1.165, 1.54) is 43.4 Å². The van der Waals surface area contributed by atoms with Gasteiger partial charge in [-0.1, -0.05) is 6.92 Å². The Kier molecular flexibility index (Phi) is 8.25. The van der Waals surface area contributed by atoms with Crippen LogP contribution in [0.15, 0.2) is 0 Å². The molecule has 0 radical (unpaired) electrons. The molecule has 0 aliphatic carbocycles. The highest BCUT2D eigenvalue weighted by atomic mass is 35.5. The highest BCUT2D eigenvalue weighted by Crippen LogP contribution is 2.19. The highest BCUT2D eigenvalue weighted by molar-refractivity contribution is 7.08. The van der Waals surface area contributed by atoms with Gasteiger partial charge in [0.25, 0.3) is 0 Å². The molecule has 17 heavy (non-hydrogen) atoms. The highest BCUT2D eigenvalue weighted by Gasteiger charge is 2.30. The molecule has 0 unspecified atom stereocenters. The van der Waals surface area contributed by atoms with Crippen LogP contribution < -0.4 is 0 Å². The van der Waals surface area contributed by atoms with E-state index in [4.69, 9.17) is 4.74 Å². The van der Waals surface area contributed by atoms with Gasteiger partial charge in [0.2, 0.25) is 0 Å². The molecule has 1 rings (SSSR count). The molecule has 104 valence electrons. The molecular formula is C10H22BClF3NO. The normalized spacial score (nSPS) is 18.7. The van der Waals surface area contributed by atoms with Crippen molar-refractivity contribution in [1.29, 1.82) is 0 Å². The maximum absolute atomic E-state index is 10.2. The van der Waals surface area contributed by atoms with E-state index in [-0.39, 0.29) is 0 Å². The predicted molar refractivity (Wildman–Crippen MR) is 65.8 cm³/mol. The van der Waals surface area contributed by atoms with Crippen LogP contribution in [0.1, 0.15) is 33.1 Å². The van der Waals surface area contributed by atoms with Crippen LogP contribution in [-0.4, -0.2) is 43.8 Å². The first-order chi connectivity index (χ1) is 7.83. The summed E-state index contributed by atoms with van der Waals surface area (Å²) in [6.45, 7) is 10.2. The number of hydrogen-bond donors (Lipinski definition) is 0. The Hall–Kier alpha value is 0.0649. The van der Waals surface area contributed by atoms with Crippen LogP contribution in [0.2, 0.25) is 0 Å². The zero-order chi connectivity index (χ0) is 13.4. The molecule has 0 aromatic heterocycles. The number of halogens is 4. The molecule has 2 nitrogen and oxygen atoms in total. The van der Waals surface area contributed by atoms with Crippen LogP contribution >= 0.6 is 11.5 Å². The Morgan fingerprint density at radius 3 is 2.00 bits per heavy atom. The summed E-state index contributed by atoms with van der Waals surface area (Å²) in [5, 5.41) is 0. The van der Waals surface area contributed by atoms with Crippen LogP contribution in [0.4, 0.5) is 12.9 Å². The van der Waals surface area contributed by atoms with Gasteiger partial charge in [-0.15, -0.1) is 0 Å². The van der Waals surface area contributed by atoms with Crippen LogP contribution in [-0.2, 0) is 4.74 Å². The quantitative estimate of drug-likeness (QED) is 0.550. The fourth-order valence-corrected chi connectivity index (χ4v) is 2.18. The largest absolute Gasteiger partial charge is 0.576 e. The second kappa shape index (κ2) is 8.22. The minimum Gasteiger partial charge on any atom is -0.435 e. The summed E-state index contributed by atoms with van der Waals surface area (Å²) in [6.07, 6.45) is -0.951. The van der Waals surface area contributed by atoms with Crippen molar-refractivity contribution in [2.24, 2.45) is 0 Å². The zero-order valence-corrected chi connectivity index (χ0v) is 11.4. The molecule has 7 heteroatoms. The van der Waals surface area contributed by atoms with E-state index in [2.05, 4.69) is 25.3 Å². The van der Waals surface area contributed by atoms with Gasteiger partial charge in [-0.3, -0.25) is 11.5 Å². The maximum Gasteiger partial charge on any atom is 0.576 e. The average Bonchev–Trinajstić information content (AvgIpc) is 2.62. The lowest BCUT2D eigenvalue weighted by molar-refractivity contribution is -0.935. The first-order valence-corrected chi connectivity index (χ1v) is 6.57. The van der Waals surface area contributed by atoms with Crippen molar-refractivity contribution in [3.05, 3.63) is 0 Å². The first-order valence-electron chi connectivity index (χ1n) is 6.13. The number of quaternary nitrogens is 1. The molecule has 0 aromatic carbocycles. The number of likely N-dealkylation sites (tertiary alicyclic amines) is 1. The van der Waals surface area contributed by atoms with Crippen molar-refractivity contribution in [1.82, 2.24) is 0 Å². The summed E-state index contributed by atoms with van der Waals surface area (Å²) < 4.78 is 37.3. The van der Waals surface area contributed by atoms with Crippen molar-refractivity contribution in [3.63, 3.8) is 0 Å². The fourth-order valence-electron chi connectivity index (χ4n) is 2.18. The van der Waals surface area contributed by atoms with Crippen molar-refractivity contribution >= 4 is 17.9 Å². The number of nitrogens with zero attached hydrogens (tertiary/aromatic N) is 1. The molecule has 0 aromatic rings. The Morgan fingerprint density at radius 1 is 1.18 bits per heavy atom. The predicted octanol–water partition coefficient (Wildman–Crippen LogP) is 3.57. The van der Waals surface area contributed by atoms with Crippen molar-refractivity contribution in [2.75, 3.05) is 33.0 Å². The molecule has 0 saturated carbocycles. The Balaban J connectivity index is 0.000000437. The molecule has 0 N–H and O–H groups in total. The number of rotatable bonds is 5. The van der Waals surface area contributed by atoms with E-state index in [9.17, 15) is 12.9 Å². The molecule has 0 amide bonds. The molecule has 1 aliphatic heterocycles. The summed E-state index contributed by atoms with van der Waals surface area (Å²) in [4.78, 5) is 0. The van der Waals surface area contributed by atoms with Gasteiger partial charge in [-0.2, -0.15) is 0 Å². The van der Waals surface area contributed by atoms with Crippen LogP contribution in [0.5, 0.6) is 0 Å². The van der Waals surface area contributed by atoms with E-state index in [1.54, 1.807) is 0 Å². The molecule has 0 bridgehead atoms. The van der Waals surface area contributed by atoms with Gasteiger partial charge in [-0.25, -0.2) is 0 Å². The van der Waals surface area contributed by atoms with Gasteiger partial charge in [0, 0.05) is 19.4 Å². The van der Waals surface area contributed by atoms with Crippen molar-refractivity contribution in [2.45, 2.75) is 33.1 Å². The second-order valence-electron chi connectivity index (χ2n) is 4.34. The van der Waals surface area contributed by atoms with Gasteiger partial charge < -0.3 is 22.2 Å². The Morgan fingerprint density at radius 2 is 1.65 bits per heavy atom. The smallest absolute Gasteiger partial charge is 0.435 e. The van der Waals surface area contributed by atoms with E-state index >= 15 is 0 Å². The molecule has 1 fully saturated rings. The monoisotopic (exact) mass is 275 g/mol. The fraction of sp³-hybridized carbons (Fsp3) is 1.00. The third kappa shape index (κ3) is 9.74. The Labute approximate surface area is 107 Å². The molecule has 1 saturated heterocycles. The lowest BCUT2D eigenvalue weighted by atomic mass is 10.4. The third-order valence-corrected chi connectivity index (χ3v) is 2.78. The van der Waals surface area contributed by atoms with E-state index in [0.29, 0.717) is 0 Å².